The van der Waals surface area contributed by atoms with Gasteiger partial charge in [0.25, 0.3) is 5.91 Å². The molecule has 0 saturated carbocycles. The van der Waals surface area contributed by atoms with Crippen LogP contribution >= 0.6 is 0 Å². The van der Waals surface area contributed by atoms with Gasteiger partial charge in [-0.1, -0.05) is 0 Å². The summed E-state index contributed by atoms with van der Waals surface area (Å²) in [5, 5.41) is 14.1. The molecule has 0 aromatic carbocycles. The van der Waals surface area contributed by atoms with Gasteiger partial charge in [0.15, 0.2) is 11.6 Å². The number of rotatable bonds is 4. The Hall–Kier alpha value is -3.03. The molecule has 0 aliphatic rings. The number of hydrogen-bond donors (Lipinski definition) is 1. The van der Waals surface area contributed by atoms with Gasteiger partial charge in [0, 0.05) is 7.05 Å². The van der Waals surface area contributed by atoms with E-state index in [1.54, 1.807) is 38.4 Å². The van der Waals surface area contributed by atoms with E-state index < -0.39 is 0 Å². The van der Waals surface area contributed by atoms with Gasteiger partial charge >= 0.3 is 0 Å². The molecule has 0 unspecified atom stereocenters. The lowest BCUT2D eigenvalue weighted by atomic mass is 10.1. The van der Waals surface area contributed by atoms with Crippen LogP contribution in [0.4, 0.5) is 0 Å². The van der Waals surface area contributed by atoms with Crippen molar-refractivity contribution in [3.63, 3.8) is 0 Å². The third-order valence-electron chi connectivity index (χ3n) is 3.49. The number of hydrogen-bond acceptors (Lipinski definition) is 6. The first-order chi connectivity index (χ1) is 11.1. The number of furan rings is 1. The molecule has 0 spiro atoms. The maximum atomic E-state index is 12.4. The molecule has 0 aliphatic carbocycles. The number of carbonyl (C=O) groups excluding carboxylic acids is 1. The smallest absolute Gasteiger partial charge is 0.253 e. The van der Waals surface area contributed by atoms with Crippen LogP contribution in [0.5, 0.6) is 0 Å². The summed E-state index contributed by atoms with van der Waals surface area (Å²) in [6.07, 6.45) is 1.59. The van der Waals surface area contributed by atoms with Crippen molar-refractivity contribution in [2.45, 2.75) is 19.9 Å². The second kappa shape index (κ2) is 5.99. The van der Waals surface area contributed by atoms with Crippen molar-refractivity contribution in [3.8, 4) is 11.5 Å². The molecule has 1 amide bonds. The Morgan fingerprint density at radius 2 is 2.17 bits per heavy atom. The summed E-state index contributed by atoms with van der Waals surface area (Å²) in [4.78, 5) is 16.9. The number of amides is 1. The van der Waals surface area contributed by atoms with Gasteiger partial charge in [-0.15, -0.1) is 5.10 Å². The van der Waals surface area contributed by atoms with Crippen molar-refractivity contribution >= 4 is 5.91 Å². The number of aryl methyl sites for hydroxylation is 2. The Bertz CT molecular complexity index is 824. The van der Waals surface area contributed by atoms with Crippen LogP contribution in [0.1, 0.15) is 34.8 Å². The van der Waals surface area contributed by atoms with Crippen LogP contribution in [-0.4, -0.2) is 31.1 Å². The largest absolute Gasteiger partial charge is 0.463 e. The lowest BCUT2D eigenvalue weighted by Gasteiger charge is -2.13. The topological polar surface area (TPSA) is 98.7 Å². The molecule has 0 bridgehead atoms. The number of nitrogens with zero attached hydrogens (tertiary/aromatic N) is 5. The van der Waals surface area contributed by atoms with Crippen molar-refractivity contribution < 1.29 is 9.21 Å². The van der Waals surface area contributed by atoms with Crippen LogP contribution in [0, 0.1) is 6.92 Å². The fourth-order valence-corrected chi connectivity index (χ4v) is 2.30. The molecule has 3 aromatic rings. The summed E-state index contributed by atoms with van der Waals surface area (Å²) in [5.74, 6) is 1.02. The normalized spacial score (nSPS) is 12.1. The van der Waals surface area contributed by atoms with Crippen LogP contribution in [0.3, 0.4) is 0 Å². The fourth-order valence-electron chi connectivity index (χ4n) is 2.30. The minimum absolute atomic E-state index is 0.225. The number of aromatic nitrogens is 5. The summed E-state index contributed by atoms with van der Waals surface area (Å²) in [6.45, 7) is 3.61. The van der Waals surface area contributed by atoms with Crippen LogP contribution in [0.25, 0.3) is 11.5 Å². The number of pyridine rings is 1. The molecule has 8 nitrogen and oxygen atoms in total. The molecule has 23 heavy (non-hydrogen) atoms. The first kappa shape index (κ1) is 14.9. The Kier molecular flexibility index (Phi) is 3.88. The highest BCUT2D eigenvalue weighted by Gasteiger charge is 2.18. The van der Waals surface area contributed by atoms with Gasteiger partial charge in [0.05, 0.1) is 23.6 Å². The van der Waals surface area contributed by atoms with E-state index in [0.29, 0.717) is 28.5 Å². The minimum Gasteiger partial charge on any atom is -0.463 e. The predicted molar refractivity (Wildman–Crippen MR) is 81.4 cm³/mol. The van der Waals surface area contributed by atoms with Gasteiger partial charge in [-0.2, -0.15) is 0 Å². The Labute approximate surface area is 132 Å². The van der Waals surface area contributed by atoms with Crippen molar-refractivity contribution in [1.29, 1.82) is 0 Å². The summed E-state index contributed by atoms with van der Waals surface area (Å²) >= 11 is 0. The molecule has 3 rings (SSSR count). The maximum absolute atomic E-state index is 12.4. The molecule has 1 atom stereocenters. The van der Waals surface area contributed by atoms with Gasteiger partial charge in [-0.05, 0) is 48.5 Å². The van der Waals surface area contributed by atoms with Crippen molar-refractivity contribution in [2.75, 3.05) is 0 Å². The van der Waals surface area contributed by atoms with Crippen LogP contribution in [0.2, 0.25) is 0 Å². The summed E-state index contributed by atoms with van der Waals surface area (Å²) in [5.41, 5.74) is 1.82. The third kappa shape index (κ3) is 2.96. The SMILES string of the molecule is Cc1nc(-c2ccco2)ccc1C(=O)N[C@@H](C)c1nnnn1C. The first-order valence-corrected chi connectivity index (χ1v) is 7.11. The van der Waals surface area contributed by atoms with E-state index in [-0.39, 0.29) is 11.9 Å². The van der Waals surface area contributed by atoms with Crippen LogP contribution in [-0.2, 0) is 7.05 Å². The van der Waals surface area contributed by atoms with E-state index in [0.717, 1.165) is 0 Å². The highest BCUT2D eigenvalue weighted by Crippen LogP contribution is 2.19. The van der Waals surface area contributed by atoms with Crippen LogP contribution < -0.4 is 5.32 Å². The first-order valence-electron chi connectivity index (χ1n) is 7.11. The second-order valence-corrected chi connectivity index (χ2v) is 5.16. The number of carbonyl (C=O) groups is 1. The van der Waals surface area contributed by atoms with E-state index >= 15 is 0 Å². The average molecular weight is 312 g/mol. The predicted octanol–water partition coefficient (Wildman–Crippen LogP) is 1.66. The van der Waals surface area contributed by atoms with Gasteiger partial charge in [-0.3, -0.25) is 4.79 Å². The summed E-state index contributed by atoms with van der Waals surface area (Å²) in [7, 11) is 1.73. The van der Waals surface area contributed by atoms with E-state index in [1.807, 2.05) is 13.0 Å². The number of nitrogens with one attached hydrogen (secondary N) is 1. The highest BCUT2D eigenvalue weighted by atomic mass is 16.3. The molecule has 0 radical (unpaired) electrons. The molecule has 8 heteroatoms. The van der Waals surface area contributed by atoms with E-state index in [2.05, 4.69) is 25.8 Å². The Morgan fingerprint density at radius 1 is 1.35 bits per heavy atom. The lowest BCUT2D eigenvalue weighted by Crippen LogP contribution is -2.29. The van der Waals surface area contributed by atoms with E-state index in [1.165, 1.54) is 4.68 Å². The molecule has 0 aliphatic heterocycles. The molecule has 3 heterocycles. The van der Waals surface area contributed by atoms with Crippen molar-refractivity contribution in [3.05, 3.63) is 47.6 Å². The van der Waals surface area contributed by atoms with Crippen molar-refractivity contribution in [2.24, 2.45) is 7.05 Å². The lowest BCUT2D eigenvalue weighted by molar-refractivity contribution is 0.0936. The minimum atomic E-state index is -0.313. The average Bonchev–Trinajstić information content (AvgIpc) is 3.18. The molecular weight excluding hydrogens is 296 g/mol. The maximum Gasteiger partial charge on any atom is 0.253 e. The van der Waals surface area contributed by atoms with E-state index in [9.17, 15) is 4.79 Å². The highest BCUT2D eigenvalue weighted by molar-refractivity contribution is 5.95. The van der Waals surface area contributed by atoms with Crippen LogP contribution in [0.15, 0.2) is 34.9 Å². The zero-order chi connectivity index (χ0) is 16.4. The van der Waals surface area contributed by atoms with Crippen molar-refractivity contribution in [1.82, 2.24) is 30.5 Å². The quantitative estimate of drug-likeness (QED) is 0.786. The Balaban J connectivity index is 1.79. The monoisotopic (exact) mass is 312 g/mol. The molecule has 1 N–H and O–H groups in total. The second-order valence-electron chi connectivity index (χ2n) is 5.16. The van der Waals surface area contributed by atoms with E-state index in [4.69, 9.17) is 4.42 Å². The Morgan fingerprint density at radius 3 is 2.78 bits per heavy atom. The summed E-state index contributed by atoms with van der Waals surface area (Å²) < 4.78 is 6.84. The zero-order valence-corrected chi connectivity index (χ0v) is 13.0. The molecule has 118 valence electrons. The molecule has 0 saturated heterocycles. The van der Waals surface area contributed by atoms with Gasteiger partial charge in [0.2, 0.25) is 0 Å². The standard InChI is InChI=1S/C15H16N6O2/c1-9-11(6-7-12(16-9)13-5-4-8-23-13)15(22)17-10(2)14-18-19-20-21(14)3/h4-8,10H,1-3H3,(H,17,22)/t10-/m0/s1. The third-order valence-corrected chi connectivity index (χ3v) is 3.49. The fraction of sp³-hybridized carbons (Fsp3) is 0.267. The van der Waals surface area contributed by atoms with Gasteiger partial charge in [0.1, 0.15) is 5.69 Å². The molecule has 3 aromatic heterocycles. The van der Waals surface area contributed by atoms with Gasteiger partial charge in [-0.25, -0.2) is 9.67 Å². The molecule has 0 fully saturated rings. The van der Waals surface area contributed by atoms with Gasteiger partial charge < -0.3 is 9.73 Å². The molecular formula is C15H16N6O2. The summed E-state index contributed by atoms with van der Waals surface area (Å²) in [6, 6.07) is 6.80. The zero-order valence-electron chi connectivity index (χ0n) is 13.0. The number of tetrazole rings is 1.